The third-order valence-corrected chi connectivity index (χ3v) is 5.43. The Morgan fingerprint density at radius 1 is 0.882 bits per heavy atom. The number of rotatable bonds is 20. The standard InChI is InChI=1S/C25H46N6O3/c1-4-15-30(16-10-26)19-20-31(17-13-27-3)18-14-28-11-12-29-24(32)21-22-6-8-23(9-7-22)34-25(33)5-2/h6-9,27-28H,4-5,10-21,26H2,1-3H3,(H,29,32). The van der Waals surface area contributed by atoms with Gasteiger partial charge < -0.3 is 31.3 Å². The summed E-state index contributed by atoms with van der Waals surface area (Å²) in [6, 6.07) is 7.06. The Hall–Kier alpha value is -2.04. The Balaban J connectivity index is 2.24. The van der Waals surface area contributed by atoms with Gasteiger partial charge in [0.2, 0.25) is 5.91 Å². The first-order valence-electron chi connectivity index (χ1n) is 12.6. The molecule has 5 N–H and O–H groups in total. The number of nitrogens with two attached hydrogens (primary N) is 1. The molecule has 0 spiro atoms. The number of hydrogen-bond acceptors (Lipinski definition) is 8. The van der Waals surface area contributed by atoms with Gasteiger partial charge in [-0.1, -0.05) is 26.0 Å². The summed E-state index contributed by atoms with van der Waals surface area (Å²) >= 11 is 0. The molecule has 0 saturated heterocycles. The van der Waals surface area contributed by atoms with Crippen molar-refractivity contribution in [2.75, 3.05) is 79.0 Å². The molecule has 1 aromatic carbocycles. The van der Waals surface area contributed by atoms with E-state index in [2.05, 4.69) is 32.7 Å². The van der Waals surface area contributed by atoms with E-state index >= 15 is 0 Å². The van der Waals surface area contributed by atoms with E-state index in [4.69, 9.17) is 10.5 Å². The zero-order chi connectivity index (χ0) is 25.0. The maximum Gasteiger partial charge on any atom is 0.310 e. The van der Waals surface area contributed by atoms with E-state index in [1.54, 1.807) is 19.1 Å². The normalized spacial score (nSPS) is 11.2. The predicted octanol–water partition coefficient (Wildman–Crippen LogP) is 0.442. The van der Waals surface area contributed by atoms with E-state index in [9.17, 15) is 9.59 Å². The van der Waals surface area contributed by atoms with Crippen LogP contribution >= 0.6 is 0 Å². The number of hydrogen-bond donors (Lipinski definition) is 4. The van der Waals surface area contributed by atoms with Gasteiger partial charge in [0.1, 0.15) is 5.75 Å². The zero-order valence-electron chi connectivity index (χ0n) is 21.4. The first-order valence-corrected chi connectivity index (χ1v) is 12.6. The van der Waals surface area contributed by atoms with Crippen molar-refractivity contribution in [2.45, 2.75) is 33.1 Å². The van der Waals surface area contributed by atoms with Crippen LogP contribution in [0.5, 0.6) is 5.75 Å². The Morgan fingerprint density at radius 3 is 2.18 bits per heavy atom. The number of ether oxygens (including phenoxy) is 1. The fourth-order valence-corrected chi connectivity index (χ4v) is 3.50. The number of carbonyl (C=O) groups excluding carboxylic acids is 2. The molecule has 0 aliphatic carbocycles. The number of benzene rings is 1. The van der Waals surface area contributed by atoms with Crippen molar-refractivity contribution in [3.63, 3.8) is 0 Å². The van der Waals surface area contributed by atoms with E-state index in [-0.39, 0.29) is 11.9 Å². The van der Waals surface area contributed by atoms with Crippen LogP contribution in [-0.2, 0) is 16.0 Å². The Morgan fingerprint density at radius 2 is 1.56 bits per heavy atom. The molecule has 1 amide bonds. The van der Waals surface area contributed by atoms with E-state index in [1.165, 1.54) is 0 Å². The fraction of sp³-hybridized carbons (Fsp3) is 0.680. The molecule has 0 aromatic heterocycles. The highest BCUT2D eigenvalue weighted by Gasteiger charge is 2.09. The molecule has 0 heterocycles. The minimum Gasteiger partial charge on any atom is -0.427 e. The van der Waals surface area contributed by atoms with Crippen LogP contribution in [0, 0.1) is 0 Å². The average Bonchev–Trinajstić information content (AvgIpc) is 2.83. The van der Waals surface area contributed by atoms with Gasteiger partial charge in [0, 0.05) is 71.9 Å². The van der Waals surface area contributed by atoms with Crippen LogP contribution in [0.4, 0.5) is 0 Å². The summed E-state index contributed by atoms with van der Waals surface area (Å²) in [5.74, 6) is 0.210. The quantitative estimate of drug-likeness (QED) is 0.121. The van der Waals surface area contributed by atoms with E-state index in [0.717, 1.165) is 70.9 Å². The lowest BCUT2D eigenvalue weighted by molar-refractivity contribution is -0.134. The number of amides is 1. The fourth-order valence-electron chi connectivity index (χ4n) is 3.50. The highest BCUT2D eigenvalue weighted by molar-refractivity contribution is 5.78. The lowest BCUT2D eigenvalue weighted by Crippen LogP contribution is -2.43. The van der Waals surface area contributed by atoms with Crippen LogP contribution in [0.3, 0.4) is 0 Å². The SMILES string of the molecule is CCCN(CCN)CCN(CCNC)CCNCCNC(=O)Cc1ccc(OC(=O)CC)cc1. The third kappa shape index (κ3) is 14.3. The molecular formula is C25H46N6O3. The molecule has 9 nitrogen and oxygen atoms in total. The van der Waals surface area contributed by atoms with Gasteiger partial charge >= 0.3 is 5.97 Å². The molecule has 0 aliphatic rings. The van der Waals surface area contributed by atoms with Crippen LogP contribution in [0.2, 0.25) is 0 Å². The molecule has 194 valence electrons. The van der Waals surface area contributed by atoms with Gasteiger partial charge in [-0.3, -0.25) is 14.5 Å². The summed E-state index contributed by atoms with van der Waals surface area (Å²) in [7, 11) is 1.98. The van der Waals surface area contributed by atoms with Gasteiger partial charge in [-0.2, -0.15) is 0 Å². The van der Waals surface area contributed by atoms with Crippen molar-refractivity contribution in [3.05, 3.63) is 29.8 Å². The van der Waals surface area contributed by atoms with E-state index < -0.39 is 0 Å². The van der Waals surface area contributed by atoms with Crippen LogP contribution in [0.1, 0.15) is 32.3 Å². The van der Waals surface area contributed by atoms with Crippen LogP contribution in [-0.4, -0.2) is 101 Å². The van der Waals surface area contributed by atoms with Crippen molar-refractivity contribution < 1.29 is 14.3 Å². The van der Waals surface area contributed by atoms with Crippen molar-refractivity contribution in [2.24, 2.45) is 5.73 Å². The number of nitrogens with one attached hydrogen (secondary N) is 3. The molecule has 34 heavy (non-hydrogen) atoms. The maximum atomic E-state index is 12.2. The molecule has 9 heteroatoms. The predicted molar refractivity (Wildman–Crippen MR) is 138 cm³/mol. The number of nitrogens with zero attached hydrogens (tertiary/aromatic N) is 2. The van der Waals surface area contributed by atoms with Crippen LogP contribution in [0.25, 0.3) is 0 Å². The number of likely N-dealkylation sites (N-methyl/N-ethyl adjacent to an activating group) is 1. The summed E-state index contributed by atoms with van der Waals surface area (Å²) in [6.45, 7) is 13.9. The molecule has 0 unspecified atom stereocenters. The minimum absolute atomic E-state index is 0.0216. The topological polar surface area (TPSA) is 112 Å². The Kier molecular flexibility index (Phi) is 17.0. The molecule has 0 radical (unpaired) electrons. The summed E-state index contributed by atoms with van der Waals surface area (Å²) in [5.41, 5.74) is 6.63. The Bertz CT molecular complexity index is 665. The summed E-state index contributed by atoms with van der Waals surface area (Å²) in [4.78, 5) is 28.4. The minimum atomic E-state index is -0.270. The van der Waals surface area contributed by atoms with E-state index in [0.29, 0.717) is 31.7 Å². The lowest BCUT2D eigenvalue weighted by atomic mass is 10.1. The monoisotopic (exact) mass is 478 g/mol. The first kappa shape index (κ1) is 30.0. The third-order valence-electron chi connectivity index (χ3n) is 5.43. The second-order valence-electron chi connectivity index (χ2n) is 8.32. The molecule has 0 atom stereocenters. The van der Waals surface area contributed by atoms with Crippen LogP contribution < -0.4 is 26.4 Å². The summed E-state index contributed by atoms with van der Waals surface area (Å²) in [5, 5.41) is 9.60. The second-order valence-corrected chi connectivity index (χ2v) is 8.32. The lowest BCUT2D eigenvalue weighted by Gasteiger charge is -2.27. The van der Waals surface area contributed by atoms with Crippen molar-refractivity contribution in [1.29, 1.82) is 0 Å². The number of carbonyl (C=O) groups is 2. The molecule has 0 fully saturated rings. The molecule has 0 aliphatic heterocycles. The summed E-state index contributed by atoms with van der Waals surface area (Å²) < 4.78 is 5.15. The van der Waals surface area contributed by atoms with Crippen molar-refractivity contribution >= 4 is 11.9 Å². The van der Waals surface area contributed by atoms with Crippen molar-refractivity contribution in [1.82, 2.24) is 25.8 Å². The molecular weight excluding hydrogens is 432 g/mol. The van der Waals surface area contributed by atoms with Gasteiger partial charge in [0.05, 0.1) is 6.42 Å². The smallest absolute Gasteiger partial charge is 0.310 e. The summed E-state index contributed by atoms with van der Waals surface area (Å²) in [6.07, 6.45) is 1.78. The van der Waals surface area contributed by atoms with Gasteiger partial charge in [0.25, 0.3) is 0 Å². The van der Waals surface area contributed by atoms with Crippen molar-refractivity contribution in [3.8, 4) is 5.75 Å². The highest BCUT2D eigenvalue weighted by Crippen LogP contribution is 2.13. The van der Waals surface area contributed by atoms with E-state index in [1.807, 2.05) is 19.2 Å². The van der Waals surface area contributed by atoms with Gasteiger partial charge in [0.15, 0.2) is 0 Å². The van der Waals surface area contributed by atoms with Crippen LogP contribution in [0.15, 0.2) is 24.3 Å². The number of esters is 1. The molecule has 0 saturated carbocycles. The zero-order valence-corrected chi connectivity index (χ0v) is 21.4. The highest BCUT2D eigenvalue weighted by atomic mass is 16.5. The molecule has 1 rings (SSSR count). The Labute approximate surface area is 205 Å². The molecule has 0 bridgehead atoms. The molecule has 1 aromatic rings. The second kappa shape index (κ2) is 19.3. The first-order chi connectivity index (χ1) is 16.5. The van der Waals surface area contributed by atoms with Gasteiger partial charge in [-0.15, -0.1) is 0 Å². The van der Waals surface area contributed by atoms with Gasteiger partial charge in [-0.25, -0.2) is 0 Å². The maximum absolute atomic E-state index is 12.2. The largest absolute Gasteiger partial charge is 0.427 e. The average molecular weight is 479 g/mol. The van der Waals surface area contributed by atoms with Gasteiger partial charge in [-0.05, 0) is 37.7 Å².